The number of nitrogens with zero attached hydrogens (tertiary/aromatic N) is 1. The lowest BCUT2D eigenvalue weighted by Gasteiger charge is -2.20. The third-order valence-electron chi connectivity index (χ3n) is 3.18. The number of hydrogen-bond acceptors (Lipinski definition) is 4. The number of amides is 1. The summed E-state index contributed by atoms with van der Waals surface area (Å²) in [6.07, 6.45) is 0.987. The van der Waals surface area contributed by atoms with E-state index in [-0.39, 0.29) is 5.91 Å². The van der Waals surface area contributed by atoms with Gasteiger partial charge in [-0.3, -0.25) is 4.79 Å². The van der Waals surface area contributed by atoms with Crippen LogP contribution < -0.4 is 14.8 Å². The van der Waals surface area contributed by atoms with Crippen LogP contribution in [0.5, 0.6) is 11.5 Å². The van der Waals surface area contributed by atoms with Crippen molar-refractivity contribution < 1.29 is 14.3 Å². The average Bonchev–Trinajstić information content (AvgIpc) is 2.66. The minimum absolute atomic E-state index is 0.143. The second kappa shape index (κ2) is 7.75. The summed E-state index contributed by atoms with van der Waals surface area (Å²) in [5.41, 5.74) is 0. The van der Waals surface area contributed by atoms with Gasteiger partial charge in [-0.25, -0.2) is 0 Å². The molecule has 1 aromatic carbocycles. The van der Waals surface area contributed by atoms with Gasteiger partial charge in [0.1, 0.15) is 6.61 Å². The number of benzene rings is 1. The Balaban J connectivity index is 1.84. The van der Waals surface area contributed by atoms with Gasteiger partial charge in [0.25, 0.3) is 0 Å². The van der Waals surface area contributed by atoms with E-state index in [0.717, 1.165) is 31.0 Å². The fourth-order valence-electron chi connectivity index (χ4n) is 2.17. The third kappa shape index (κ3) is 4.13. The highest BCUT2D eigenvalue weighted by atomic mass is 16.5. The van der Waals surface area contributed by atoms with Crippen LogP contribution in [0.1, 0.15) is 13.3 Å². The minimum Gasteiger partial charge on any atom is -0.490 e. The zero-order valence-electron chi connectivity index (χ0n) is 11.9. The van der Waals surface area contributed by atoms with Gasteiger partial charge < -0.3 is 19.7 Å². The molecule has 110 valence electrons. The maximum Gasteiger partial charge on any atom is 0.236 e. The lowest BCUT2D eigenvalue weighted by atomic mass is 10.3. The maximum atomic E-state index is 11.8. The molecule has 1 N–H and O–H groups in total. The van der Waals surface area contributed by atoms with Gasteiger partial charge in [0.2, 0.25) is 5.91 Å². The molecule has 2 rings (SSSR count). The van der Waals surface area contributed by atoms with Crippen molar-refractivity contribution in [2.45, 2.75) is 13.3 Å². The topological polar surface area (TPSA) is 50.8 Å². The first-order valence-corrected chi connectivity index (χ1v) is 7.14. The SMILES string of the molecule is CCOc1ccccc1OCCN1CCCNCC1=O. The highest BCUT2D eigenvalue weighted by Crippen LogP contribution is 2.26. The summed E-state index contributed by atoms with van der Waals surface area (Å²) >= 11 is 0. The van der Waals surface area contributed by atoms with Crippen molar-refractivity contribution in [2.24, 2.45) is 0 Å². The highest BCUT2D eigenvalue weighted by Gasteiger charge is 2.16. The van der Waals surface area contributed by atoms with Crippen molar-refractivity contribution in [3.63, 3.8) is 0 Å². The monoisotopic (exact) mass is 278 g/mol. The molecule has 1 fully saturated rings. The number of carbonyl (C=O) groups is 1. The van der Waals surface area contributed by atoms with E-state index < -0.39 is 0 Å². The normalized spacial score (nSPS) is 15.8. The van der Waals surface area contributed by atoms with Crippen molar-refractivity contribution in [3.8, 4) is 11.5 Å². The summed E-state index contributed by atoms with van der Waals surface area (Å²) in [6.45, 7) is 5.77. The van der Waals surface area contributed by atoms with Crippen LogP contribution in [0.25, 0.3) is 0 Å². The second-order valence-corrected chi connectivity index (χ2v) is 4.64. The van der Waals surface area contributed by atoms with Gasteiger partial charge in [-0.2, -0.15) is 0 Å². The molecule has 0 spiro atoms. The van der Waals surface area contributed by atoms with Crippen LogP contribution >= 0.6 is 0 Å². The molecule has 1 saturated heterocycles. The Morgan fingerprint density at radius 3 is 2.75 bits per heavy atom. The van der Waals surface area contributed by atoms with E-state index in [4.69, 9.17) is 9.47 Å². The Labute approximate surface area is 119 Å². The van der Waals surface area contributed by atoms with Crippen LogP contribution in [0.4, 0.5) is 0 Å². The summed E-state index contributed by atoms with van der Waals surface area (Å²) in [7, 11) is 0. The predicted molar refractivity (Wildman–Crippen MR) is 77.2 cm³/mol. The molecule has 1 amide bonds. The Hall–Kier alpha value is -1.75. The number of para-hydroxylation sites is 2. The van der Waals surface area contributed by atoms with Gasteiger partial charge >= 0.3 is 0 Å². The van der Waals surface area contributed by atoms with E-state index in [0.29, 0.717) is 26.3 Å². The predicted octanol–water partition coefficient (Wildman–Crippen LogP) is 1.29. The Bertz CT molecular complexity index is 437. The van der Waals surface area contributed by atoms with E-state index in [1.165, 1.54) is 0 Å². The molecular formula is C15H22N2O3. The Kier molecular flexibility index (Phi) is 5.68. The second-order valence-electron chi connectivity index (χ2n) is 4.64. The number of rotatable bonds is 6. The molecule has 5 heteroatoms. The van der Waals surface area contributed by atoms with Crippen LogP contribution in [0.15, 0.2) is 24.3 Å². The molecule has 1 aliphatic rings. The molecule has 0 aromatic heterocycles. The number of hydrogen-bond donors (Lipinski definition) is 1. The Morgan fingerprint density at radius 1 is 1.25 bits per heavy atom. The first-order valence-electron chi connectivity index (χ1n) is 7.14. The van der Waals surface area contributed by atoms with E-state index in [2.05, 4.69) is 5.32 Å². The number of nitrogens with one attached hydrogen (secondary N) is 1. The third-order valence-corrected chi connectivity index (χ3v) is 3.18. The van der Waals surface area contributed by atoms with Gasteiger partial charge in [0, 0.05) is 6.54 Å². The van der Waals surface area contributed by atoms with E-state index in [1.807, 2.05) is 36.1 Å². The molecule has 1 heterocycles. The summed E-state index contributed by atoms with van der Waals surface area (Å²) in [4.78, 5) is 13.7. The quantitative estimate of drug-likeness (QED) is 0.852. The maximum absolute atomic E-state index is 11.8. The van der Waals surface area contributed by atoms with Gasteiger partial charge in [-0.1, -0.05) is 12.1 Å². The van der Waals surface area contributed by atoms with Crippen LogP contribution in [0.2, 0.25) is 0 Å². The lowest BCUT2D eigenvalue weighted by Crippen LogP contribution is -2.37. The molecular weight excluding hydrogens is 256 g/mol. The van der Waals surface area contributed by atoms with Gasteiger partial charge in [0.05, 0.1) is 19.7 Å². The van der Waals surface area contributed by atoms with Crippen molar-refractivity contribution >= 4 is 5.91 Å². The summed E-state index contributed by atoms with van der Waals surface area (Å²) in [5, 5.41) is 3.11. The van der Waals surface area contributed by atoms with Crippen molar-refractivity contribution in [3.05, 3.63) is 24.3 Å². The minimum atomic E-state index is 0.143. The van der Waals surface area contributed by atoms with Gasteiger partial charge in [-0.05, 0) is 32.0 Å². The molecule has 5 nitrogen and oxygen atoms in total. The molecule has 0 saturated carbocycles. The first-order chi connectivity index (χ1) is 9.81. The molecule has 0 bridgehead atoms. The smallest absolute Gasteiger partial charge is 0.236 e. The number of carbonyl (C=O) groups excluding carboxylic acids is 1. The van der Waals surface area contributed by atoms with Gasteiger partial charge in [0.15, 0.2) is 11.5 Å². The van der Waals surface area contributed by atoms with Crippen molar-refractivity contribution in [1.82, 2.24) is 10.2 Å². The largest absolute Gasteiger partial charge is 0.490 e. The highest BCUT2D eigenvalue weighted by molar-refractivity contribution is 5.78. The molecule has 0 aliphatic carbocycles. The van der Waals surface area contributed by atoms with E-state index >= 15 is 0 Å². The number of ether oxygens (including phenoxy) is 2. The molecule has 1 aromatic rings. The molecule has 0 atom stereocenters. The average molecular weight is 278 g/mol. The van der Waals surface area contributed by atoms with E-state index in [1.54, 1.807) is 0 Å². The van der Waals surface area contributed by atoms with Crippen LogP contribution in [-0.4, -0.2) is 50.2 Å². The van der Waals surface area contributed by atoms with Crippen LogP contribution in [0.3, 0.4) is 0 Å². The summed E-state index contributed by atoms with van der Waals surface area (Å²) in [6, 6.07) is 7.61. The summed E-state index contributed by atoms with van der Waals surface area (Å²) < 4.78 is 11.2. The molecule has 0 radical (unpaired) electrons. The molecule has 1 aliphatic heterocycles. The lowest BCUT2D eigenvalue weighted by molar-refractivity contribution is -0.129. The van der Waals surface area contributed by atoms with Crippen molar-refractivity contribution in [1.29, 1.82) is 0 Å². The first kappa shape index (κ1) is 14.7. The zero-order valence-corrected chi connectivity index (χ0v) is 11.9. The van der Waals surface area contributed by atoms with E-state index in [9.17, 15) is 4.79 Å². The van der Waals surface area contributed by atoms with Crippen molar-refractivity contribution in [2.75, 3.05) is 39.4 Å². The molecule has 20 heavy (non-hydrogen) atoms. The van der Waals surface area contributed by atoms with Crippen LogP contribution in [-0.2, 0) is 4.79 Å². The van der Waals surface area contributed by atoms with Gasteiger partial charge in [-0.15, -0.1) is 0 Å². The molecule has 0 unspecified atom stereocenters. The summed E-state index contributed by atoms with van der Waals surface area (Å²) in [5.74, 6) is 1.62. The van der Waals surface area contributed by atoms with Crippen LogP contribution in [0, 0.1) is 0 Å². The fourth-order valence-corrected chi connectivity index (χ4v) is 2.17. The Morgan fingerprint density at radius 2 is 2.00 bits per heavy atom. The fraction of sp³-hybridized carbons (Fsp3) is 0.533. The standard InChI is InChI=1S/C15H22N2O3/c1-2-19-13-6-3-4-7-14(13)20-11-10-17-9-5-8-16-12-15(17)18/h3-4,6-7,16H,2,5,8-12H2,1H3. The zero-order chi connectivity index (χ0) is 14.2.